The Balaban J connectivity index is 1.53. The van der Waals surface area contributed by atoms with Gasteiger partial charge in [0.05, 0.1) is 38.1 Å². The Morgan fingerprint density at radius 1 is 1.23 bits per heavy atom. The van der Waals surface area contributed by atoms with E-state index in [-0.39, 0.29) is 12.5 Å². The molecule has 2 aliphatic heterocycles. The van der Waals surface area contributed by atoms with E-state index in [9.17, 15) is 9.59 Å². The van der Waals surface area contributed by atoms with Crippen molar-refractivity contribution in [3.8, 4) is 11.4 Å². The Bertz CT molecular complexity index is 1250. The van der Waals surface area contributed by atoms with E-state index in [1.807, 2.05) is 23.3 Å². The first kappa shape index (κ1) is 23.3. The van der Waals surface area contributed by atoms with Gasteiger partial charge in [-0.15, -0.1) is 11.8 Å². The molecule has 10 heteroatoms. The summed E-state index contributed by atoms with van der Waals surface area (Å²) in [7, 11) is 0. The van der Waals surface area contributed by atoms with Crippen LogP contribution in [0.1, 0.15) is 22.8 Å². The zero-order chi connectivity index (χ0) is 24.4. The highest BCUT2D eigenvalue weighted by Crippen LogP contribution is 2.37. The molecule has 0 N–H and O–H groups in total. The molecule has 1 atom stereocenters. The molecule has 1 amide bonds. The maximum atomic E-state index is 13.5. The Kier molecular flexibility index (Phi) is 6.65. The normalized spacial score (nSPS) is 17.1. The first-order valence-corrected chi connectivity index (χ1v) is 12.6. The van der Waals surface area contributed by atoms with Crippen LogP contribution in [-0.4, -0.2) is 65.5 Å². The molecule has 3 aromatic rings. The number of aromatic nitrogens is 3. The number of benzene rings is 1. The fourth-order valence-electron chi connectivity index (χ4n) is 4.23. The summed E-state index contributed by atoms with van der Waals surface area (Å²) in [5, 5.41) is 0. The van der Waals surface area contributed by atoms with Crippen molar-refractivity contribution < 1.29 is 19.1 Å². The van der Waals surface area contributed by atoms with Crippen LogP contribution in [0.4, 0.5) is 11.5 Å². The van der Waals surface area contributed by atoms with Crippen LogP contribution in [0.25, 0.3) is 11.4 Å². The SMILES string of the molecule is CCOC(=O)c1cncc(-c2ncc3c(n2)N2CCOCC2C(=O)N3Cc2ccc(SC)cc2)c1. The lowest BCUT2D eigenvalue weighted by Crippen LogP contribution is -2.58. The molecule has 0 saturated carbocycles. The van der Waals surface area contributed by atoms with E-state index in [1.165, 1.54) is 6.20 Å². The Morgan fingerprint density at radius 2 is 2.06 bits per heavy atom. The standard InChI is InChI=1S/C25H25N5O4S/c1-3-34-25(32)18-10-17(11-26-12-18)22-27-13-20-23(28-22)29-8-9-33-15-21(29)24(31)30(20)14-16-4-6-19(35-2)7-5-16/h4-7,10-13,21H,3,8-9,14-15H2,1-2H3. The predicted octanol–water partition coefficient (Wildman–Crippen LogP) is 3.19. The quantitative estimate of drug-likeness (QED) is 0.380. The molecule has 4 heterocycles. The number of anilines is 2. The zero-order valence-corrected chi connectivity index (χ0v) is 20.3. The summed E-state index contributed by atoms with van der Waals surface area (Å²) in [5.41, 5.74) is 2.60. The molecule has 1 saturated heterocycles. The van der Waals surface area contributed by atoms with Crippen LogP contribution in [0, 0.1) is 0 Å². The number of rotatable bonds is 6. The molecule has 180 valence electrons. The van der Waals surface area contributed by atoms with Crippen LogP contribution in [0.5, 0.6) is 0 Å². The number of nitrogens with zero attached hydrogens (tertiary/aromatic N) is 5. The van der Waals surface area contributed by atoms with Crippen molar-refractivity contribution in [3.05, 3.63) is 60.0 Å². The predicted molar refractivity (Wildman–Crippen MR) is 133 cm³/mol. The van der Waals surface area contributed by atoms with Gasteiger partial charge in [-0.25, -0.2) is 14.8 Å². The maximum Gasteiger partial charge on any atom is 0.339 e. The molecular weight excluding hydrogens is 466 g/mol. The Hall–Kier alpha value is -3.50. The zero-order valence-electron chi connectivity index (χ0n) is 19.5. The Morgan fingerprint density at radius 3 is 2.83 bits per heavy atom. The van der Waals surface area contributed by atoms with Gasteiger partial charge in [-0.2, -0.15) is 0 Å². The van der Waals surface area contributed by atoms with Gasteiger partial charge in [-0.3, -0.25) is 9.78 Å². The molecule has 2 aromatic heterocycles. The third-order valence-electron chi connectivity index (χ3n) is 6.00. The molecular formula is C25H25N5O4S. The summed E-state index contributed by atoms with van der Waals surface area (Å²) in [6, 6.07) is 9.38. The van der Waals surface area contributed by atoms with Crippen molar-refractivity contribution in [2.75, 3.05) is 42.4 Å². The molecule has 1 aromatic carbocycles. The average molecular weight is 492 g/mol. The topological polar surface area (TPSA) is 97.7 Å². The van der Waals surface area contributed by atoms with Crippen molar-refractivity contribution in [2.45, 2.75) is 24.4 Å². The maximum absolute atomic E-state index is 13.5. The molecule has 9 nitrogen and oxygen atoms in total. The van der Waals surface area contributed by atoms with Crippen molar-refractivity contribution in [2.24, 2.45) is 0 Å². The largest absolute Gasteiger partial charge is 0.462 e. The molecule has 2 aliphatic rings. The van der Waals surface area contributed by atoms with Crippen LogP contribution in [0.15, 0.2) is 53.8 Å². The smallest absolute Gasteiger partial charge is 0.339 e. The highest BCUT2D eigenvalue weighted by atomic mass is 32.2. The highest BCUT2D eigenvalue weighted by Gasteiger charge is 2.41. The first-order valence-electron chi connectivity index (χ1n) is 11.4. The van der Waals surface area contributed by atoms with E-state index < -0.39 is 12.0 Å². The van der Waals surface area contributed by atoms with Gasteiger partial charge >= 0.3 is 5.97 Å². The number of hydrogen-bond acceptors (Lipinski definition) is 9. The number of carbonyl (C=O) groups excluding carboxylic acids is 2. The second-order valence-electron chi connectivity index (χ2n) is 8.14. The van der Waals surface area contributed by atoms with Gasteiger partial charge in [-0.1, -0.05) is 12.1 Å². The minimum atomic E-state index is -0.450. The van der Waals surface area contributed by atoms with Crippen LogP contribution in [-0.2, 0) is 20.8 Å². The summed E-state index contributed by atoms with van der Waals surface area (Å²) in [6.45, 7) is 3.81. The Labute approximate surface area is 207 Å². The average Bonchev–Trinajstić information content (AvgIpc) is 2.91. The number of fused-ring (bicyclic) bond motifs is 3. The van der Waals surface area contributed by atoms with Gasteiger partial charge in [0.2, 0.25) is 0 Å². The number of esters is 1. The second-order valence-corrected chi connectivity index (χ2v) is 9.02. The summed E-state index contributed by atoms with van der Waals surface area (Å²) in [5.74, 6) is 0.613. The third kappa shape index (κ3) is 4.59. The molecule has 1 fully saturated rings. The molecule has 0 spiro atoms. The lowest BCUT2D eigenvalue weighted by Gasteiger charge is -2.43. The van der Waals surface area contributed by atoms with Crippen molar-refractivity contribution in [3.63, 3.8) is 0 Å². The minimum Gasteiger partial charge on any atom is -0.462 e. The molecule has 0 bridgehead atoms. The number of ether oxygens (including phenoxy) is 2. The second kappa shape index (κ2) is 10.0. The van der Waals surface area contributed by atoms with Crippen molar-refractivity contribution in [1.29, 1.82) is 0 Å². The fraction of sp³-hybridized carbons (Fsp3) is 0.320. The molecule has 5 rings (SSSR count). The molecule has 0 radical (unpaired) electrons. The van der Waals surface area contributed by atoms with Crippen molar-refractivity contribution >= 4 is 35.1 Å². The van der Waals surface area contributed by atoms with Gasteiger partial charge in [0.25, 0.3) is 5.91 Å². The van der Waals surface area contributed by atoms with Gasteiger partial charge in [0.15, 0.2) is 11.6 Å². The number of carbonyl (C=O) groups is 2. The molecule has 1 unspecified atom stereocenters. The van der Waals surface area contributed by atoms with Gasteiger partial charge in [-0.05, 0) is 36.9 Å². The van der Waals surface area contributed by atoms with Gasteiger partial charge in [0, 0.05) is 29.4 Å². The number of hydrogen-bond donors (Lipinski definition) is 0. The van der Waals surface area contributed by atoms with Crippen LogP contribution in [0.3, 0.4) is 0 Å². The number of morpholine rings is 1. The van der Waals surface area contributed by atoms with E-state index in [0.29, 0.717) is 54.8 Å². The number of thioether (sulfide) groups is 1. The number of pyridine rings is 1. The summed E-state index contributed by atoms with van der Waals surface area (Å²) in [4.78, 5) is 44.1. The molecule has 0 aliphatic carbocycles. The third-order valence-corrected chi connectivity index (χ3v) is 6.74. The van der Waals surface area contributed by atoms with E-state index in [4.69, 9.17) is 14.5 Å². The van der Waals surface area contributed by atoms with E-state index in [0.717, 1.165) is 10.5 Å². The summed E-state index contributed by atoms with van der Waals surface area (Å²) in [6.07, 6.45) is 6.78. The lowest BCUT2D eigenvalue weighted by molar-refractivity contribution is -0.122. The van der Waals surface area contributed by atoms with Crippen LogP contribution < -0.4 is 9.80 Å². The minimum absolute atomic E-state index is 0.0338. The number of amides is 1. The lowest BCUT2D eigenvalue weighted by atomic mass is 10.1. The van der Waals surface area contributed by atoms with E-state index in [2.05, 4.69) is 22.1 Å². The van der Waals surface area contributed by atoms with E-state index >= 15 is 0 Å². The highest BCUT2D eigenvalue weighted by molar-refractivity contribution is 7.98. The summed E-state index contributed by atoms with van der Waals surface area (Å²) >= 11 is 1.67. The van der Waals surface area contributed by atoms with Gasteiger partial charge in [0.1, 0.15) is 11.7 Å². The monoisotopic (exact) mass is 491 g/mol. The van der Waals surface area contributed by atoms with Gasteiger partial charge < -0.3 is 19.3 Å². The van der Waals surface area contributed by atoms with Crippen LogP contribution >= 0.6 is 11.8 Å². The first-order chi connectivity index (χ1) is 17.1. The van der Waals surface area contributed by atoms with Crippen molar-refractivity contribution in [1.82, 2.24) is 15.0 Å². The van der Waals surface area contributed by atoms with Crippen LogP contribution in [0.2, 0.25) is 0 Å². The summed E-state index contributed by atoms with van der Waals surface area (Å²) < 4.78 is 10.7. The fourth-order valence-corrected chi connectivity index (χ4v) is 4.64. The molecule has 35 heavy (non-hydrogen) atoms. The van der Waals surface area contributed by atoms with E-state index in [1.54, 1.807) is 42.0 Å².